The molecule has 4 rings (SSSR count). The predicted octanol–water partition coefficient (Wildman–Crippen LogP) is 6.51. The Morgan fingerprint density at radius 1 is 1.07 bits per heavy atom. The lowest BCUT2D eigenvalue weighted by Crippen LogP contribution is -1.96. The van der Waals surface area contributed by atoms with Gasteiger partial charge in [-0.2, -0.15) is 5.26 Å². The number of halogens is 2. The summed E-state index contributed by atoms with van der Waals surface area (Å²) in [5.41, 5.74) is 3.83. The van der Waals surface area contributed by atoms with E-state index in [2.05, 4.69) is 16.0 Å². The molecule has 0 radical (unpaired) electrons. The zero-order valence-electron chi connectivity index (χ0n) is 15.2. The summed E-state index contributed by atoms with van der Waals surface area (Å²) in [5.74, 6) is 1.21. The summed E-state index contributed by atoms with van der Waals surface area (Å²) in [5, 5.41) is 10.7. The van der Waals surface area contributed by atoms with E-state index in [4.69, 9.17) is 27.9 Å². The average Bonchev–Trinajstić information content (AvgIpc) is 3.16. The van der Waals surface area contributed by atoms with Gasteiger partial charge in [0, 0.05) is 15.6 Å². The summed E-state index contributed by atoms with van der Waals surface area (Å²) in [4.78, 5) is 7.67. The Balaban J connectivity index is 1.56. The lowest BCUT2D eigenvalue weighted by molar-refractivity contribution is 0.306. The molecule has 1 N–H and O–H groups in total. The fourth-order valence-electron chi connectivity index (χ4n) is 2.89. The number of rotatable bonds is 5. The first kappa shape index (κ1) is 19.1. The SMILES string of the molecule is N#C/C(=C\c1cccc(OCc2ccc(Cl)cc2Cl)c1)c1nc2ccccc2[nH]1. The zero-order chi connectivity index (χ0) is 20.2. The van der Waals surface area contributed by atoms with E-state index in [0.717, 1.165) is 22.2 Å². The van der Waals surface area contributed by atoms with Crippen molar-refractivity contribution in [2.45, 2.75) is 6.61 Å². The Morgan fingerprint density at radius 2 is 1.93 bits per heavy atom. The van der Waals surface area contributed by atoms with Crippen LogP contribution in [0.25, 0.3) is 22.7 Å². The van der Waals surface area contributed by atoms with Crippen LogP contribution in [-0.2, 0) is 6.61 Å². The fourth-order valence-corrected chi connectivity index (χ4v) is 3.36. The van der Waals surface area contributed by atoms with Gasteiger partial charge in [0.15, 0.2) is 0 Å². The topological polar surface area (TPSA) is 61.7 Å². The first-order valence-corrected chi connectivity index (χ1v) is 9.62. The normalized spacial score (nSPS) is 11.4. The van der Waals surface area contributed by atoms with E-state index in [0.29, 0.717) is 33.8 Å². The molecule has 0 unspecified atom stereocenters. The number of nitrogens with zero attached hydrogens (tertiary/aromatic N) is 2. The van der Waals surface area contributed by atoms with E-state index >= 15 is 0 Å². The number of para-hydroxylation sites is 2. The molecule has 0 spiro atoms. The number of nitriles is 1. The fraction of sp³-hybridized carbons (Fsp3) is 0.0435. The molecule has 0 aliphatic heterocycles. The third-order valence-corrected chi connectivity index (χ3v) is 4.93. The van der Waals surface area contributed by atoms with Gasteiger partial charge in [-0.05, 0) is 48.0 Å². The van der Waals surface area contributed by atoms with Crippen LogP contribution in [0.5, 0.6) is 5.75 Å². The highest BCUT2D eigenvalue weighted by Crippen LogP contribution is 2.24. The monoisotopic (exact) mass is 419 g/mol. The van der Waals surface area contributed by atoms with Crippen LogP contribution >= 0.6 is 23.2 Å². The van der Waals surface area contributed by atoms with Crippen LogP contribution in [0.2, 0.25) is 10.0 Å². The van der Waals surface area contributed by atoms with E-state index in [1.165, 1.54) is 0 Å². The second-order valence-corrected chi connectivity index (χ2v) is 7.21. The average molecular weight is 420 g/mol. The Labute approximate surface area is 178 Å². The van der Waals surface area contributed by atoms with Crippen molar-refractivity contribution in [1.82, 2.24) is 9.97 Å². The Morgan fingerprint density at radius 3 is 2.72 bits per heavy atom. The Kier molecular flexibility index (Phi) is 5.53. The molecule has 142 valence electrons. The van der Waals surface area contributed by atoms with Crippen molar-refractivity contribution in [2.75, 3.05) is 0 Å². The third-order valence-electron chi connectivity index (χ3n) is 4.34. The summed E-state index contributed by atoms with van der Waals surface area (Å²) < 4.78 is 5.86. The number of nitrogens with one attached hydrogen (secondary N) is 1. The van der Waals surface area contributed by atoms with Gasteiger partial charge in [-0.15, -0.1) is 0 Å². The highest BCUT2D eigenvalue weighted by Gasteiger charge is 2.08. The zero-order valence-corrected chi connectivity index (χ0v) is 16.7. The van der Waals surface area contributed by atoms with Crippen LogP contribution in [0.3, 0.4) is 0 Å². The van der Waals surface area contributed by atoms with Gasteiger partial charge in [-0.1, -0.05) is 53.5 Å². The molecule has 29 heavy (non-hydrogen) atoms. The van der Waals surface area contributed by atoms with E-state index in [9.17, 15) is 5.26 Å². The van der Waals surface area contributed by atoms with Crippen LogP contribution in [0, 0.1) is 11.3 Å². The number of ether oxygens (including phenoxy) is 1. The van der Waals surface area contributed by atoms with Crippen molar-refractivity contribution < 1.29 is 4.74 Å². The predicted molar refractivity (Wildman–Crippen MR) is 117 cm³/mol. The van der Waals surface area contributed by atoms with Crippen molar-refractivity contribution in [3.05, 3.63) is 93.7 Å². The summed E-state index contributed by atoms with van der Waals surface area (Å²) in [7, 11) is 0. The maximum atomic E-state index is 9.61. The molecule has 4 aromatic rings. The Bertz CT molecular complexity index is 1220. The van der Waals surface area contributed by atoms with Crippen molar-refractivity contribution in [2.24, 2.45) is 0 Å². The van der Waals surface area contributed by atoms with Crippen molar-refractivity contribution in [3.8, 4) is 11.8 Å². The molecule has 4 nitrogen and oxygen atoms in total. The number of hydrogen-bond donors (Lipinski definition) is 1. The molecular formula is C23H15Cl2N3O. The van der Waals surface area contributed by atoms with Crippen LogP contribution in [-0.4, -0.2) is 9.97 Å². The number of fused-ring (bicyclic) bond motifs is 1. The van der Waals surface area contributed by atoms with Gasteiger partial charge in [-0.25, -0.2) is 4.98 Å². The molecular weight excluding hydrogens is 405 g/mol. The van der Waals surface area contributed by atoms with Gasteiger partial charge in [0.1, 0.15) is 24.3 Å². The van der Waals surface area contributed by atoms with E-state index in [1.807, 2.05) is 54.6 Å². The van der Waals surface area contributed by atoms with Crippen LogP contribution in [0.1, 0.15) is 17.0 Å². The highest BCUT2D eigenvalue weighted by atomic mass is 35.5. The standard InChI is InChI=1S/C23H15Cl2N3O/c24-18-9-8-16(20(25)12-18)14-29-19-5-3-4-15(11-19)10-17(13-26)23-27-21-6-1-2-7-22(21)28-23/h1-12H,14H2,(H,27,28)/b17-10+. The second-order valence-electron chi connectivity index (χ2n) is 6.37. The molecule has 0 amide bonds. The minimum Gasteiger partial charge on any atom is -0.489 e. The van der Waals surface area contributed by atoms with E-state index < -0.39 is 0 Å². The smallest absolute Gasteiger partial charge is 0.149 e. The summed E-state index contributed by atoms with van der Waals surface area (Å²) in [6, 6.07) is 22.7. The van der Waals surface area contributed by atoms with E-state index in [1.54, 1.807) is 18.2 Å². The molecule has 0 aliphatic carbocycles. The van der Waals surface area contributed by atoms with Crippen LogP contribution in [0.15, 0.2) is 66.7 Å². The molecule has 1 heterocycles. The summed E-state index contributed by atoms with van der Waals surface area (Å²) in [6.07, 6.45) is 1.78. The van der Waals surface area contributed by atoms with Gasteiger partial charge in [0.25, 0.3) is 0 Å². The van der Waals surface area contributed by atoms with Gasteiger partial charge in [0.05, 0.1) is 16.6 Å². The van der Waals surface area contributed by atoms with Crippen LogP contribution in [0.4, 0.5) is 0 Å². The quantitative estimate of drug-likeness (QED) is 0.374. The third kappa shape index (κ3) is 4.43. The molecule has 0 aliphatic rings. The van der Waals surface area contributed by atoms with E-state index in [-0.39, 0.29) is 0 Å². The number of allylic oxidation sites excluding steroid dienone is 1. The molecule has 1 aromatic heterocycles. The molecule has 0 saturated heterocycles. The first-order chi connectivity index (χ1) is 14.1. The lowest BCUT2D eigenvalue weighted by atomic mass is 10.1. The maximum absolute atomic E-state index is 9.61. The minimum atomic E-state index is 0.317. The van der Waals surface area contributed by atoms with Crippen LogP contribution < -0.4 is 4.74 Å². The highest BCUT2D eigenvalue weighted by molar-refractivity contribution is 6.35. The Hall–Kier alpha value is -3.26. The first-order valence-electron chi connectivity index (χ1n) is 8.86. The maximum Gasteiger partial charge on any atom is 0.149 e. The minimum absolute atomic E-state index is 0.317. The molecule has 3 aromatic carbocycles. The molecule has 0 fully saturated rings. The number of H-pyrrole nitrogens is 1. The molecule has 6 heteroatoms. The van der Waals surface area contributed by atoms with Gasteiger partial charge >= 0.3 is 0 Å². The van der Waals surface area contributed by atoms with Crippen molar-refractivity contribution >= 4 is 45.9 Å². The molecule has 0 atom stereocenters. The molecule has 0 saturated carbocycles. The van der Waals surface area contributed by atoms with Gasteiger partial charge in [0.2, 0.25) is 0 Å². The summed E-state index contributed by atoms with van der Waals surface area (Å²) in [6.45, 7) is 0.317. The number of hydrogen-bond acceptors (Lipinski definition) is 3. The van der Waals surface area contributed by atoms with Gasteiger partial charge < -0.3 is 9.72 Å². The largest absolute Gasteiger partial charge is 0.489 e. The van der Waals surface area contributed by atoms with Crippen molar-refractivity contribution in [1.29, 1.82) is 5.26 Å². The van der Waals surface area contributed by atoms with Gasteiger partial charge in [-0.3, -0.25) is 0 Å². The number of benzene rings is 3. The molecule has 0 bridgehead atoms. The lowest BCUT2D eigenvalue weighted by Gasteiger charge is -2.09. The number of imidazole rings is 1. The second kappa shape index (κ2) is 8.40. The summed E-state index contributed by atoms with van der Waals surface area (Å²) >= 11 is 12.1. The van der Waals surface area contributed by atoms with Crippen molar-refractivity contribution in [3.63, 3.8) is 0 Å². The number of aromatic amines is 1. The number of aromatic nitrogens is 2.